The first-order valence-corrected chi connectivity index (χ1v) is 14.5. The highest BCUT2D eigenvalue weighted by molar-refractivity contribution is 7.93. The van der Waals surface area contributed by atoms with E-state index in [9.17, 15) is 26.4 Å². The number of sulfonamides is 1. The number of carbonyl (C=O) groups excluding carboxylic acids is 1. The Bertz CT molecular complexity index is 1670. The van der Waals surface area contributed by atoms with E-state index < -0.39 is 27.4 Å². The summed E-state index contributed by atoms with van der Waals surface area (Å²) < 4.78 is 75.3. The molecule has 2 aliphatic heterocycles. The summed E-state index contributed by atoms with van der Waals surface area (Å²) in [4.78, 5) is 19.0. The molecular formula is C27H22F3N3O4S2. The third kappa shape index (κ3) is 4.88. The molecule has 3 aromatic carbocycles. The second kappa shape index (κ2) is 9.32. The second-order valence-electron chi connectivity index (χ2n) is 9.64. The van der Waals surface area contributed by atoms with Crippen molar-refractivity contribution >= 4 is 43.2 Å². The van der Waals surface area contributed by atoms with Crippen LogP contribution in [0.1, 0.15) is 27.9 Å². The van der Waals surface area contributed by atoms with Gasteiger partial charge in [-0.1, -0.05) is 24.3 Å². The van der Waals surface area contributed by atoms with Gasteiger partial charge in [-0.2, -0.15) is 13.2 Å². The van der Waals surface area contributed by atoms with Crippen LogP contribution >= 0.6 is 11.3 Å². The van der Waals surface area contributed by atoms with Crippen molar-refractivity contribution in [3.63, 3.8) is 0 Å². The smallest absolute Gasteiger partial charge is 0.364 e. The van der Waals surface area contributed by atoms with E-state index >= 15 is 0 Å². The number of para-hydroxylation sites is 1. The Morgan fingerprint density at radius 3 is 2.62 bits per heavy atom. The molecule has 1 amide bonds. The number of thiazole rings is 1. The van der Waals surface area contributed by atoms with Gasteiger partial charge in [-0.05, 0) is 54.4 Å². The minimum Gasteiger partial charge on any atom is -0.364 e. The number of likely N-dealkylation sites (tertiary alicyclic amines) is 1. The van der Waals surface area contributed by atoms with Crippen LogP contribution in [0.3, 0.4) is 0 Å². The number of hydrogen-bond acceptors (Lipinski definition) is 6. The van der Waals surface area contributed by atoms with Crippen LogP contribution in [0.5, 0.6) is 0 Å². The molecule has 0 radical (unpaired) electrons. The summed E-state index contributed by atoms with van der Waals surface area (Å²) in [7, 11) is -3.90. The zero-order chi connectivity index (χ0) is 27.4. The first kappa shape index (κ1) is 25.8. The Morgan fingerprint density at radius 1 is 1.10 bits per heavy atom. The first-order valence-electron chi connectivity index (χ1n) is 12.1. The van der Waals surface area contributed by atoms with Gasteiger partial charge in [0.05, 0.1) is 22.3 Å². The number of fused-ring (bicyclic) bond motifs is 2. The van der Waals surface area contributed by atoms with Gasteiger partial charge >= 0.3 is 6.18 Å². The first-order chi connectivity index (χ1) is 18.6. The predicted octanol–water partition coefficient (Wildman–Crippen LogP) is 5.34. The molecule has 2 atom stereocenters. The van der Waals surface area contributed by atoms with E-state index in [1.165, 1.54) is 41.7 Å². The Hall–Kier alpha value is -3.48. The highest BCUT2D eigenvalue weighted by Crippen LogP contribution is 2.47. The molecule has 0 saturated carbocycles. The van der Waals surface area contributed by atoms with E-state index in [2.05, 4.69) is 9.71 Å². The molecule has 202 valence electrons. The summed E-state index contributed by atoms with van der Waals surface area (Å²) >= 11 is 1.35. The van der Waals surface area contributed by atoms with E-state index in [-0.39, 0.29) is 35.4 Å². The normalized spacial score (nSPS) is 21.0. The summed E-state index contributed by atoms with van der Waals surface area (Å²) in [5, 5.41) is 0. The van der Waals surface area contributed by atoms with Crippen molar-refractivity contribution in [2.45, 2.75) is 35.6 Å². The quantitative estimate of drug-likeness (QED) is 0.315. The van der Waals surface area contributed by atoms with Crippen LogP contribution in [0.2, 0.25) is 0 Å². The molecule has 0 bridgehead atoms. The fourth-order valence-electron chi connectivity index (χ4n) is 5.14. The predicted molar refractivity (Wildman–Crippen MR) is 140 cm³/mol. The molecule has 12 heteroatoms. The number of halogens is 3. The highest BCUT2D eigenvalue weighted by Gasteiger charge is 2.59. The summed E-state index contributed by atoms with van der Waals surface area (Å²) in [5.41, 5.74) is 1.48. The fourth-order valence-corrected chi connectivity index (χ4v) is 7.14. The zero-order valence-electron chi connectivity index (χ0n) is 20.3. The number of anilines is 1. The van der Waals surface area contributed by atoms with Crippen molar-refractivity contribution in [2.24, 2.45) is 0 Å². The van der Waals surface area contributed by atoms with Gasteiger partial charge < -0.3 is 9.64 Å². The van der Waals surface area contributed by atoms with Crippen molar-refractivity contribution in [3.8, 4) is 0 Å². The highest BCUT2D eigenvalue weighted by atomic mass is 32.2. The molecule has 2 fully saturated rings. The van der Waals surface area contributed by atoms with Gasteiger partial charge in [0.1, 0.15) is 22.1 Å². The van der Waals surface area contributed by atoms with Gasteiger partial charge in [-0.3, -0.25) is 9.52 Å². The van der Waals surface area contributed by atoms with Crippen LogP contribution in [-0.2, 0) is 27.4 Å². The Morgan fingerprint density at radius 2 is 1.87 bits per heavy atom. The van der Waals surface area contributed by atoms with Gasteiger partial charge in [0.15, 0.2) is 0 Å². The molecular weight excluding hydrogens is 551 g/mol. The maximum absolute atomic E-state index is 13.4. The Kier molecular flexibility index (Phi) is 6.16. The van der Waals surface area contributed by atoms with Crippen LogP contribution in [0.25, 0.3) is 10.2 Å². The van der Waals surface area contributed by atoms with Crippen LogP contribution in [0, 0.1) is 0 Å². The van der Waals surface area contributed by atoms with E-state index in [1.54, 1.807) is 40.7 Å². The molecule has 3 heterocycles. The van der Waals surface area contributed by atoms with Gasteiger partial charge in [0, 0.05) is 24.2 Å². The number of hydrogen-bond donors (Lipinski definition) is 1. The maximum atomic E-state index is 13.4. The molecule has 2 aliphatic rings. The number of amides is 1. The number of aromatic nitrogens is 1. The molecule has 0 spiro atoms. The van der Waals surface area contributed by atoms with Crippen molar-refractivity contribution in [1.82, 2.24) is 9.88 Å². The molecule has 2 saturated heterocycles. The van der Waals surface area contributed by atoms with E-state index in [0.29, 0.717) is 29.7 Å². The monoisotopic (exact) mass is 573 g/mol. The maximum Gasteiger partial charge on any atom is 0.416 e. The number of epoxide rings is 1. The van der Waals surface area contributed by atoms with Gasteiger partial charge in [-0.25, -0.2) is 13.4 Å². The standard InChI is InChI=1S/C27H22F3N3O4S2/c28-27(29,30)20-5-2-1-4-18(20)14-26-12-13-33(15-23(26)37-26)25(34)17-8-10-19(11-9-17)32-39(35,36)22-7-3-6-21-24(22)31-16-38-21/h1-11,16,23,32H,12-15H2. The van der Waals surface area contributed by atoms with Crippen molar-refractivity contribution in [1.29, 1.82) is 0 Å². The fraction of sp³-hybridized carbons (Fsp3) is 0.259. The van der Waals surface area contributed by atoms with Crippen molar-refractivity contribution < 1.29 is 31.1 Å². The number of piperidine rings is 1. The number of nitrogens with zero attached hydrogens (tertiary/aromatic N) is 2. The summed E-state index contributed by atoms with van der Waals surface area (Å²) in [5.74, 6) is -0.253. The number of benzene rings is 3. The summed E-state index contributed by atoms with van der Waals surface area (Å²) in [6, 6.07) is 16.6. The van der Waals surface area contributed by atoms with Gasteiger partial charge in [0.2, 0.25) is 0 Å². The minimum atomic E-state index is -4.44. The summed E-state index contributed by atoms with van der Waals surface area (Å²) in [6.45, 7) is 0.620. The van der Waals surface area contributed by atoms with Crippen LogP contribution in [0.4, 0.5) is 18.9 Å². The summed E-state index contributed by atoms with van der Waals surface area (Å²) in [6.07, 6.45) is -4.21. The lowest BCUT2D eigenvalue weighted by Gasteiger charge is -2.29. The lowest BCUT2D eigenvalue weighted by atomic mass is 9.87. The lowest BCUT2D eigenvalue weighted by Crippen LogP contribution is -2.43. The van der Waals surface area contributed by atoms with Crippen molar-refractivity contribution in [2.75, 3.05) is 17.8 Å². The third-order valence-corrected chi connectivity index (χ3v) is 9.40. The van der Waals surface area contributed by atoms with Crippen molar-refractivity contribution in [3.05, 3.63) is 88.9 Å². The zero-order valence-corrected chi connectivity index (χ0v) is 21.9. The number of carbonyl (C=O) groups is 1. The molecule has 2 unspecified atom stereocenters. The Balaban J connectivity index is 1.11. The Labute approximate surface area is 226 Å². The number of rotatable bonds is 6. The number of nitrogens with one attached hydrogen (secondary N) is 1. The largest absolute Gasteiger partial charge is 0.416 e. The van der Waals surface area contributed by atoms with Crippen LogP contribution in [-0.4, -0.2) is 49.0 Å². The number of alkyl halides is 3. The molecule has 1 aromatic heterocycles. The molecule has 0 aliphatic carbocycles. The van der Waals surface area contributed by atoms with E-state index in [1.807, 2.05) is 0 Å². The van der Waals surface area contributed by atoms with Crippen LogP contribution in [0.15, 0.2) is 77.1 Å². The van der Waals surface area contributed by atoms with Gasteiger partial charge in [-0.15, -0.1) is 11.3 Å². The topological polar surface area (TPSA) is 91.9 Å². The molecule has 39 heavy (non-hydrogen) atoms. The third-order valence-electron chi connectivity index (χ3n) is 7.19. The number of ether oxygens (including phenoxy) is 1. The average molecular weight is 574 g/mol. The molecule has 6 rings (SSSR count). The minimum absolute atomic E-state index is 0.0699. The van der Waals surface area contributed by atoms with E-state index in [4.69, 9.17) is 4.74 Å². The molecule has 1 N–H and O–H groups in total. The average Bonchev–Trinajstić information content (AvgIpc) is 3.39. The molecule has 7 nitrogen and oxygen atoms in total. The van der Waals surface area contributed by atoms with Crippen LogP contribution < -0.4 is 4.72 Å². The SMILES string of the molecule is O=C(c1ccc(NS(=O)(=O)c2cccc3scnc23)cc1)N1CCC2(Cc3ccccc3C(F)(F)F)OC2C1. The molecule has 4 aromatic rings. The van der Waals surface area contributed by atoms with E-state index in [0.717, 1.165) is 10.8 Å². The van der Waals surface area contributed by atoms with Gasteiger partial charge in [0.25, 0.3) is 15.9 Å². The lowest BCUT2D eigenvalue weighted by molar-refractivity contribution is -0.138. The second-order valence-corrected chi connectivity index (χ2v) is 12.2.